The average molecular weight is 346 g/mol. The molecule has 2 fully saturated rings. The molecule has 1 aliphatic heterocycles. The number of carbonyl (C=O) groups is 1. The van der Waals surface area contributed by atoms with Gasteiger partial charge in [-0.05, 0) is 43.9 Å². The van der Waals surface area contributed by atoms with Crippen LogP contribution in [0.4, 0.5) is 0 Å². The summed E-state index contributed by atoms with van der Waals surface area (Å²) in [7, 11) is 0. The molecule has 2 aliphatic rings. The monoisotopic (exact) mass is 345 g/mol. The van der Waals surface area contributed by atoms with Gasteiger partial charge >= 0.3 is 0 Å². The van der Waals surface area contributed by atoms with Crippen molar-refractivity contribution in [3.8, 4) is 0 Å². The van der Waals surface area contributed by atoms with Gasteiger partial charge in [0, 0.05) is 36.8 Å². The van der Waals surface area contributed by atoms with Crippen LogP contribution in [0.5, 0.6) is 0 Å². The molecular weight excluding hydrogens is 321 g/mol. The molecule has 0 aromatic heterocycles. The van der Waals surface area contributed by atoms with Gasteiger partial charge in [0.1, 0.15) is 0 Å². The fourth-order valence-electron chi connectivity index (χ4n) is 3.14. The first-order valence-corrected chi connectivity index (χ1v) is 7.53. The van der Waals surface area contributed by atoms with Gasteiger partial charge in [0.2, 0.25) is 0 Å². The molecule has 1 aliphatic carbocycles. The molecule has 1 saturated carbocycles. The van der Waals surface area contributed by atoms with Gasteiger partial charge in [0.15, 0.2) is 0 Å². The third-order valence-electron chi connectivity index (χ3n) is 4.43. The van der Waals surface area contributed by atoms with Crippen molar-refractivity contribution in [3.05, 3.63) is 35.4 Å². The first kappa shape index (κ1) is 19.2. The molecule has 3 rings (SSSR count). The molecule has 1 saturated heterocycles. The molecule has 1 aromatic carbocycles. The Bertz CT molecular complexity index is 491. The second-order valence-corrected chi connectivity index (χ2v) is 6.08. The number of carbonyl (C=O) groups excluding carboxylic acids is 1. The van der Waals surface area contributed by atoms with Crippen LogP contribution in [-0.2, 0) is 6.54 Å². The van der Waals surface area contributed by atoms with Crippen molar-refractivity contribution in [3.63, 3.8) is 0 Å². The highest BCUT2D eigenvalue weighted by Crippen LogP contribution is 2.33. The van der Waals surface area contributed by atoms with E-state index in [0.717, 1.165) is 30.1 Å². The van der Waals surface area contributed by atoms with Gasteiger partial charge in [-0.3, -0.25) is 9.69 Å². The van der Waals surface area contributed by atoms with E-state index >= 15 is 0 Å². The fraction of sp³-hybridized carbons (Fsp3) is 0.562. The van der Waals surface area contributed by atoms with E-state index in [2.05, 4.69) is 17.1 Å². The van der Waals surface area contributed by atoms with Crippen LogP contribution in [0, 0.1) is 0 Å². The molecule has 1 aromatic rings. The number of benzene rings is 1. The summed E-state index contributed by atoms with van der Waals surface area (Å²) in [6, 6.07) is 9.20. The maximum atomic E-state index is 12.2. The van der Waals surface area contributed by atoms with E-state index in [0.29, 0.717) is 12.6 Å². The van der Waals surface area contributed by atoms with Crippen LogP contribution in [0.15, 0.2) is 24.3 Å². The predicted molar refractivity (Wildman–Crippen MR) is 93.9 cm³/mol. The zero-order valence-corrected chi connectivity index (χ0v) is 14.5. The van der Waals surface area contributed by atoms with Gasteiger partial charge in [-0.1, -0.05) is 12.1 Å². The molecule has 0 spiro atoms. The normalized spacial score (nSPS) is 24.3. The van der Waals surface area contributed by atoms with Crippen LogP contribution in [-0.4, -0.2) is 35.5 Å². The molecule has 0 bridgehead atoms. The molecule has 3 N–H and O–H groups in total. The van der Waals surface area contributed by atoms with E-state index in [1.807, 2.05) is 24.3 Å². The summed E-state index contributed by atoms with van der Waals surface area (Å²) >= 11 is 0. The minimum Gasteiger partial charge on any atom is -0.348 e. The Morgan fingerprint density at radius 2 is 1.91 bits per heavy atom. The van der Waals surface area contributed by atoms with Crippen molar-refractivity contribution in [2.24, 2.45) is 5.73 Å². The third kappa shape index (κ3) is 4.35. The molecule has 2 unspecified atom stereocenters. The Morgan fingerprint density at radius 1 is 1.27 bits per heavy atom. The Balaban J connectivity index is 0.00000121. The standard InChI is InChI=1S/C16H23N3O.2ClH/c1-11-8-14(10-19(11)15-6-7-15)18-16(20)13-4-2-12(9-17)3-5-13;;/h2-5,11,14-15H,6-10,17H2,1H3,(H,18,20);2*1H. The van der Waals surface area contributed by atoms with E-state index in [1.54, 1.807) is 0 Å². The van der Waals surface area contributed by atoms with Crippen LogP contribution in [0.1, 0.15) is 42.1 Å². The lowest BCUT2D eigenvalue weighted by atomic mass is 10.1. The van der Waals surface area contributed by atoms with Crippen LogP contribution in [0.2, 0.25) is 0 Å². The number of hydrogen-bond donors (Lipinski definition) is 2. The van der Waals surface area contributed by atoms with E-state index in [4.69, 9.17) is 5.73 Å². The van der Waals surface area contributed by atoms with Gasteiger partial charge in [0.25, 0.3) is 5.91 Å². The van der Waals surface area contributed by atoms with E-state index in [1.165, 1.54) is 12.8 Å². The van der Waals surface area contributed by atoms with Crippen LogP contribution >= 0.6 is 24.8 Å². The Hall–Kier alpha value is -0.810. The van der Waals surface area contributed by atoms with Crippen molar-refractivity contribution in [1.29, 1.82) is 0 Å². The Kier molecular flexibility index (Phi) is 7.13. The van der Waals surface area contributed by atoms with Crippen molar-refractivity contribution >= 4 is 30.7 Å². The van der Waals surface area contributed by atoms with Gasteiger partial charge < -0.3 is 11.1 Å². The molecule has 0 radical (unpaired) electrons. The smallest absolute Gasteiger partial charge is 0.251 e. The second kappa shape index (κ2) is 8.16. The van der Waals surface area contributed by atoms with Crippen molar-refractivity contribution < 1.29 is 4.79 Å². The lowest BCUT2D eigenvalue weighted by molar-refractivity contribution is 0.0937. The van der Waals surface area contributed by atoms with Crippen molar-refractivity contribution in [1.82, 2.24) is 10.2 Å². The van der Waals surface area contributed by atoms with Gasteiger partial charge in [-0.2, -0.15) is 0 Å². The summed E-state index contributed by atoms with van der Waals surface area (Å²) in [6.07, 6.45) is 3.71. The second-order valence-electron chi connectivity index (χ2n) is 6.08. The number of likely N-dealkylation sites (tertiary alicyclic amines) is 1. The highest BCUT2D eigenvalue weighted by molar-refractivity contribution is 5.94. The molecule has 1 heterocycles. The number of amides is 1. The lowest BCUT2D eigenvalue weighted by Gasteiger charge is -2.19. The Morgan fingerprint density at radius 3 is 2.45 bits per heavy atom. The zero-order chi connectivity index (χ0) is 14.1. The van der Waals surface area contributed by atoms with Crippen LogP contribution in [0.25, 0.3) is 0 Å². The SMILES string of the molecule is CC1CC(NC(=O)c2ccc(CN)cc2)CN1C1CC1.Cl.Cl. The first-order chi connectivity index (χ1) is 9.67. The summed E-state index contributed by atoms with van der Waals surface area (Å²) < 4.78 is 0. The number of nitrogens with one attached hydrogen (secondary N) is 1. The van der Waals surface area contributed by atoms with Crippen LogP contribution < -0.4 is 11.1 Å². The molecule has 4 nitrogen and oxygen atoms in total. The lowest BCUT2D eigenvalue weighted by Crippen LogP contribution is -2.37. The molecule has 124 valence electrons. The number of rotatable bonds is 4. The summed E-state index contributed by atoms with van der Waals surface area (Å²) in [4.78, 5) is 14.8. The highest BCUT2D eigenvalue weighted by Gasteiger charge is 2.39. The number of hydrogen-bond acceptors (Lipinski definition) is 3. The maximum Gasteiger partial charge on any atom is 0.251 e. The summed E-state index contributed by atoms with van der Waals surface area (Å²) in [5.41, 5.74) is 7.34. The zero-order valence-electron chi connectivity index (χ0n) is 12.8. The molecule has 2 atom stereocenters. The van der Waals surface area contributed by atoms with Crippen LogP contribution in [0.3, 0.4) is 0 Å². The average Bonchev–Trinajstić information content (AvgIpc) is 3.23. The van der Waals surface area contributed by atoms with E-state index in [-0.39, 0.29) is 36.8 Å². The molecule has 1 amide bonds. The van der Waals surface area contributed by atoms with Gasteiger partial charge in [0.05, 0.1) is 0 Å². The van der Waals surface area contributed by atoms with Crippen molar-refractivity contribution in [2.75, 3.05) is 6.54 Å². The Labute approximate surface area is 144 Å². The number of nitrogens with zero attached hydrogens (tertiary/aromatic N) is 1. The van der Waals surface area contributed by atoms with Gasteiger partial charge in [-0.15, -0.1) is 24.8 Å². The van der Waals surface area contributed by atoms with E-state index in [9.17, 15) is 4.79 Å². The molecule has 22 heavy (non-hydrogen) atoms. The van der Waals surface area contributed by atoms with Crippen molar-refractivity contribution in [2.45, 2.75) is 50.9 Å². The third-order valence-corrected chi connectivity index (χ3v) is 4.43. The quantitative estimate of drug-likeness (QED) is 0.880. The fourth-order valence-corrected chi connectivity index (χ4v) is 3.14. The van der Waals surface area contributed by atoms with E-state index < -0.39 is 0 Å². The summed E-state index contributed by atoms with van der Waals surface area (Å²) in [5, 5.41) is 3.16. The topological polar surface area (TPSA) is 58.4 Å². The van der Waals surface area contributed by atoms with Gasteiger partial charge in [-0.25, -0.2) is 0 Å². The minimum atomic E-state index is 0. The summed E-state index contributed by atoms with van der Waals surface area (Å²) in [5.74, 6) is 0.0309. The molecule has 6 heteroatoms. The largest absolute Gasteiger partial charge is 0.348 e. The highest BCUT2D eigenvalue weighted by atomic mass is 35.5. The number of halogens is 2. The molecular formula is C16H25Cl2N3O. The number of nitrogens with two attached hydrogens (primary N) is 1. The summed E-state index contributed by atoms with van der Waals surface area (Å²) in [6.45, 7) is 3.78. The first-order valence-electron chi connectivity index (χ1n) is 7.53. The predicted octanol–water partition coefficient (Wildman–Crippen LogP) is 2.34. The minimum absolute atomic E-state index is 0. The maximum absolute atomic E-state index is 12.2.